The number of methoxy groups -OCH3 is 1. The molecule has 1 atom stereocenters. The summed E-state index contributed by atoms with van der Waals surface area (Å²) in [6.07, 6.45) is 3.82. The van der Waals surface area contributed by atoms with Gasteiger partial charge in [-0.25, -0.2) is 0 Å². The molecule has 6 heteroatoms. The van der Waals surface area contributed by atoms with Gasteiger partial charge in [-0.15, -0.1) is 0 Å². The first-order valence-electron chi connectivity index (χ1n) is 7.11. The van der Waals surface area contributed by atoms with Crippen LogP contribution in [-0.2, 0) is 4.74 Å². The lowest BCUT2D eigenvalue weighted by Crippen LogP contribution is -2.27. The highest BCUT2D eigenvalue weighted by Crippen LogP contribution is 2.25. The van der Waals surface area contributed by atoms with Crippen molar-refractivity contribution in [3.8, 4) is 17.2 Å². The van der Waals surface area contributed by atoms with Crippen LogP contribution in [-0.4, -0.2) is 30.0 Å². The van der Waals surface area contributed by atoms with Crippen LogP contribution in [0.3, 0.4) is 0 Å². The van der Waals surface area contributed by atoms with Crippen molar-refractivity contribution in [3.05, 3.63) is 30.1 Å². The van der Waals surface area contributed by atoms with Gasteiger partial charge in [-0.3, -0.25) is 0 Å². The lowest BCUT2D eigenvalue weighted by molar-refractivity contribution is -0.00549. The normalized spacial score (nSPS) is 16.5. The molecule has 1 fully saturated rings. The van der Waals surface area contributed by atoms with E-state index in [4.69, 9.17) is 19.7 Å². The molecule has 0 aliphatic heterocycles. The molecule has 21 heavy (non-hydrogen) atoms. The van der Waals surface area contributed by atoms with Gasteiger partial charge in [0.05, 0.1) is 25.9 Å². The Bertz CT molecular complexity index is 595. The van der Waals surface area contributed by atoms with E-state index in [1.54, 1.807) is 7.11 Å². The highest BCUT2D eigenvalue weighted by molar-refractivity contribution is 5.55. The molecule has 1 aliphatic rings. The highest BCUT2D eigenvalue weighted by atomic mass is 16.5. The third kappa shape index (κ3) is 3.22. The van der Waals surface area contributed by atoms with Crippen LogP contribution in [0.25, 0.3) is 11.5 Å². The van der Waals surface area contributed by atoms with Crippen molar-refractivity contribution >= 4 is 0 Å². The highest BCUT2D eigenvalue weighted by Gasteiger charge is 2.21. The molecular weight excluding hydrogens is 270 g/mol. The molecule has 0 radical (unpaired) electrons. The average Bonchev–Trinajstić information content (AvgIpc) is 2.95. The van der Waals surface area contributed by atoms with E-state index >= 15 is 0 Å². The lowest BCUT2D eigenvalue weighted by Gasteiger charge is -2.26. The largest absolute Gasteiger partial charge is 0.497 e. The van der Waals surface area contributed by atoms with Crippen LogP contribution in [0.2, 0.25) is 0 Å². The molecule has 0 spiro atoms. The smallest absolute Gasteiger partial charge is 0.258 e. The number of ether oxygens (including phenoxy) is 2. The number of hydrogen-bond donors (Lipinski definition) is 1. The van der Waals surface area contributed by atoms with Crippen molar-refractivity contribution in [1.82, 2.24) is 10.1 Å². The quantitative estimate of drug-likeness (QED) is 0.878. The molecule has 112 valence electrons. The fraction of sp³-hybridized carbons (Fsp3) is 0.467. The van der Waals surface area contributed by atoms with E-state index < -0.39 is 0 Å². The first-order chi connectivity index (χ1) is 10.3. The second kappa shape index (κ2) is 6.24. The van der Waals surface area contributed by atoms with Gasteiger partial charge in [-0.2, -0.15) is 4.98 Å². The predicted molar refractivity (Wildman–Crippen MR) is 76.8 cm³/mol. The van der Waals surface area contributed by atoms with Crippen LogP contribution in [0, 0.1) is 0 Å². The zero-order chi connectivity index (χ0) is 14.7. The van der Waals surface area contributed by atoms with Crippen LogP contribution < -0.4 is 10.5 Å². The zero-order valence-corrected chi connectivity index (χ0v) is 12.0. The fourth-order valence-corrected chi connectivity index (χ4v) is 2.11. The molecule has 0 bridgehead atoms. The van der Waals surface area contributed by atoms with Crippen molar-refractivity contribution in [2.75, 3.05) is 13.7 Å². The summed E-state index contributed by atoms with van der Waals surface area (Å²) in [7, 11) is 1.62. The van der Waals surface area contributed by atoms with E-state index in [9.17, 15) is 0 Å². The Morgan fingerprint density at radius 1 is 1.43 bits per heavy atom. The first kappa shape index (κ1) is 14.0. The van der Waals surface area contributed by atoms with Gasteiger partial charge in [0.2, 0.25) is 0 Å². The minimum atomic E-state index is -0.367. The van der Waals surface area contributed by atoms with Crippen LogP contribution in [0.15, 0.2) is 28.8 Å². The molecular formula is C15H19N3O3. The monoisotopic (exact) mass is 289 g/mol. The lowest BCUT2D eigenvalue weighted by atomic mass is 9.96. The van der Waals surface area contributed by atoms with Gasteiger partial charge in [0.25, 0.3) is 5.89 Å². The van der Waals surface area contributed by atoms with Gasteiger partial charge in [-0.05, 0) is 37.5 Å². The van der Waals surface area contributed by atoms with E-state index in [1.807, 2.05) is 24.3 Å². The standard InChI is InChI=1S/C15H19N3O3/c1-19-12-7-2-4-10(8-12)15-17-14(18-21-15)13(16)9-20-11-5-3-6-11/h2,4,7-8,11,13H,3,5-6,9,16H2,1H3. The van der Waals surface area contributed by atoms with Crippen LogP contribution >= 0.6 is 0 Å². The Morgan fingerprint density at radius 2 is 2.29 bits per heavy atom. The van der Waals surface area contributed by atoms with Crippen molar-refractivity contribution in [3.63, 3.8) is 0 Å². The van der Waals surface area contributed by atoms with Crippen LogP contribution in [0.5, 0.6) is 5.75 Å². The van der Waals surface area contributed by atoms with Crippen molar-refractivity contribution < 1.29 is 14.0 Å². The maximum Gasteiger partial charge on any atom is 0.258 e. The zero-order valence-electron chi connectivity index (χ0n) is 12.0. The van der Waals surface area contributed by atoms with Gasteiger partial charge in [-0.1, -0.05) is 11.2 Å². The molecule has 0 saturated heterocycles. The van der Waals surface area contributed by atoms with Crippen LogP contribution in [0.4, 0.5) is 0 Å². The maximum atomic E-state index is 6.03. The SMILES string of the molecule is COc1cccc(-c2nc(C(N)COC3CCC3)no2)c1. The molecule has 1 saturated carbocycles. The summed E-state index contributed by atoms with van der Waals surface area (Å²) >= 11 is 0. The van der Waals surface area contributed by atoms with Crippen molar-refractivity contribution in [1.29, 1.82) is 0 Å². The Balaban J connectivity index is 1.66. The number of benzene rings is 1. The van der Waals surface area contributed by atoms with Crippen molar-refractivity contribution in [2.45, 2.75) is 31.4 Å². The molecule has 3 rings (SSSR count). The van der Waals surface area contributed by atoms with Gasteiger partial charge < -0.3 is 19.7 Å². The summed E-state index contributed by atoms with van der Waals surface area (Å²) < 4.78 is 16.1. The third-order valence-electron chi connectivity index (χ3n) is 3.65. The maximum absolute atomic E-state index is 6.03. The Kier molecular flexibility index (Phi) is 4.17. The number of nitrogens with zero attached hydrogens (tertiary/aromatic N) is 2. The van der Waals surface area contributed by atoms with Crippen molar-refractivity contribution in [2.24, 2.45) is 5.73 Å². The Labute approximate surface area is 123 Å². The van der Waals surface area contributed by atoms with E-state index in [0.29, 0.717) is 24.4 Å². The predicted octanol–water partition coefficient (Wildman–Crippen LogP) is 2.31. The van der Waals surface area contributed by atoms with Gasteiger partial charge in [0.1, 0.15) is 5.75 Å². The topological polar surface area (TPSA) is 83.4 Å². The molecule has 1 aromatic heterocycles. The number of hydrogen-bond acceptors (Lipinski definition) is 6. The molecule has 2 N–H and O–H groups in total. The summed E-state index contributed by atoms with van der Waals surface area (Å²) in [6.45, 7) is 0.418. The molecule has 0 amide bonds. The Hall–Kier alpha value is -1.92. The van der Waals surface area contributed by atoms with Gasteiger partial charge in [0.15, 0.2) is 5.82 Å². The summed E-state index contributed by atoms with van der Waals surface area (Å²) in [5, 5.41) is 3.94. The van der Waals surface area contributed by atoms with Crippen LogP contribution in [0.1, 0.15) is 31.1 Å². The second-order valence-corrected chi connectivity index (χ2v) is 5.18. The fourth-order valence-electron chi connectivity index (χ4n) is 2.11. The average molecular weight is 289 g/mol. The number of rotatable bonds is 6. The summed E-state index contributed by atoms with van der Waals surface area (Å²) in [5.41, 5.74) is 6.84. The third-order valence-corrected chi connectivity index (χ3v) is 3.65. The van der Waals surface area contributed by atoms with Gasteiger partial charge >= 0.3 is 0 Å². The molecule has 1 heterocycles. The molecule has 1 unspecified atom stereocenters. The number of nitrogens with two attached hydrogens (primary N) is 1. The molecule has 1 aromatic carbocycles. The van der Waals surface area contributed by atoms with E-state index in [-0.39, 0.29) is 6.04 Å². The summed E-state index contributed by atoms with van der Waals surface area (Å²) in [6, 6.07) is 7.09. The summed E-state index contributed by atoms with van der Waals surface area (Å²) in [4.78, 5) is 4.34. The van der Waals surface area contributed by atoms with E-state index in [1.165, 1.54) is 6.42 Å². The molecule has 1 aliphatic carbocycles. The molecule has 2 aromatic rings. The first-order valence-corrected chi connectivity index (χ1v) is 7.11. The molecule has 6 nitrogen and oxygen atoms in total. The summed E-state index contributed by atoms with van der Waals surface area (Å²) in [5.74, 6) is 1.64. The Morgan fingerprint density at radius 3 is 3.00 bits per heavy atom. The number of aromatic nitrogens is 2. The minimum Gasteiger partial charge on any atom is -0.497 e. The van der Waals surface area contributed by atoms with E-state index in [0.717, 1.165) is 24.2 Å². The minimum absolute atomic E-state index is 0.348. The van der Waals surface area contributed by atoms with Gasteiger partial charge in [0, 0.05) is 5.56 Å². The van der Waals surface area contributed by atoms with E-state index in [2.05, 4.69) is 10.1 Å². The second-order valence-electron chi connectivity index (χ2n) is 5.18.